The number of hydrogen-bond donors (Lipinski definition) is 1. The zero-order chi connectivity index (χ0) is 15.2. The van der Waals surface area contributed by atoms with Crippen molar-refractivity contribution in [2.75, 3.05) is 6.54 Å². The summed E-state index contributed by atoms with van der Waals surface area (Å²) in [6.45, 7) is 2.71. The molecule has 1 heterocycles. The van der Waals surface area contributed by atoms with Gasteiger partial charge < -0.3 is 5.32 Å². The fourth-order valence-electron chi connectivity index (χ4n) is 2.11. The van der Waals surface area contributed by atoms with Gasteiger partial charge in [0.15, 0.2) is 0 Å². The van der Waals surface area contributed by atoms with E-state index >= 15 is 0 Å². The van der Waals surface area contributed by atoms with Gasteiger partial charge in [0, 0.05) is 0 Å². The van der Waals surface area contributed by atoms with E-state index in [9.17, 15) is 13.2 Å². The zero-order valence-electron chi connectivity index (χ0n) is 11.7. The van der Waals surface area contributed by atoms with Crippen molar-refractivity contribution in [3.05, 3.63) is 65.2 Å². The molecule has 0 aliphatic rings. The number of nitrogens with one attached hydrogen (secondary N) is 1. The van der Waals surface area contributed by atoms with Crippen LogP contribution in [-0.4, -0.2) is 11.5 Å². The third kappa shape index (κ3) is 4.29. The van der Waals surface area contributed by atoms with E-state index in [2.05, 4.69) is 10.3 Å². The molecule has 21 heavy (non-hydrogen) atoms. The molecule has 0 aliphatic heterocycles. The summed E-state index contributed by atoms with van der Waals surface area (Å²) in [6.07, 6.45) is 2.27. The normalized spacial score (nSPS) is 12.4. The Morgan fingerprint density at radius 3 is 2.52 bits per heavy atom. The molecule has 1 atom stereocenters. The number of halogens is 3. The second-order valence-electron chi connectivity index (χ2n) is 4.85. The SMILES string of the molecule is CCCNC(Cc1cc(F)ccc1F)c1ccc(F)cn1. The van der Waals surface area contributed by atoms with Crippen LogP contribution in [0.1, 0.15) is 30.6 Å². The summed E-state index contributed by atoms with van der Waals surface area (Å²) in [5.74, 6) is -1.36. The maximum atomic E-state index is 13.8. The predicted octanol–water partition coefficient (Wildman–Crippen LogP) is 3.78. The molecule has 2 aromatic rings. The minimum atomic E-state index is -0.479. The van der Waals surface area contributed by atoms with Crippen LogP contribution in [0.5, 0.6) is 0 Å². The van der Waals surface area contributed by atoms with Gasteiger partial charge in [-0.2, -0.15) is 0 Å². The Balaban J connectivity index is 2.23. The summed E-state index contributed by atoms with van der Waals surface area (Å²) in [6, 6.07) is 5.95. The summed E-state index contributed by atoms with van der Waals surface area (Å²) in [5, 5.41) is 3.23. The molecule has 0 amide bonds. The van der Waals surface area contributed by atoms with Crippen molar-refractivity contribution < 1.29 is 13.2 Å². The minimum Gasteiger partial charge on any atom is -0.308 e. The highest BCUT2D eigenvalue weighted by Gasteiger charge is 2.16. The van der Waals surface area contributed by atoms with Gasteiger partial charge in [-0.25, -0.2) is 13.2 Å². The molecule has 1 N–H and O–H groups in total. The van der Waals surface area contributed by atoms with E-state index in [4.69, 9.17) is 0 Å². The molecule has 0 spiro atoms. The van der Waals surface area contributed by atoms with Crippen LogP contribution in [-0.2, 0) is 6.42 Å². The van der Waals surface area contributed by atoms with Crippen molar-refractivity contribution in [1.29, 1.82) is 0 Å². The van der Waals surface area contributed by atoms with Gasteiger partial charge in [-0.15, -0.1) is 0 Å². The first-order valence-electron chi connectivity index (χ1n) is 6.89. The number of pyridine rings is 1. The van der Waals surface area contributed by atoms with Gasteiger partial charge in [0.1, 0.15) is 17.5 Å². The van der Waals surface area contributed by atoms with Crippen molar-refractivity contribution in [2.24, 2.45) is 0 Å². The van der Waals surface area contributed by atoms with E-state index in [-0.39, 0.29) is 18.0 Å². The molecule has 1 aromatic heterocycles. The Morgan fingerprint density at radius 1 is 1.10 bits per heavy atom. The number of rotatable bonds is 6. The van der Waals surface area contributed by atoms with E-state index in [1.807, 2.05) is 6.92 Å². The van der Waals surface area contributed by atoms with Gasteiger partial charge in [0.05, 0.1) is 17.9 Å². The van der Waals surface area contributed by atoms with Crippen LogP contribution in [0.2, 0.25) is 0 Å². The Labute approximate surface area is 122 Å². The highest BCUT2D eigenvalue weighted by molar-refractivity contribution is 5.22. The molecule has 1 unspecified atom stereocenters. The zero-order valence-corrected chi connectivity index (χ0v) is 11.7. The maximum Gasteiger partial charge on any atom is 0.141 e. The summed E-state index contributed by atoms with van der Waals surface area (Å²) in [4.78, 5) is 4.03. The third-order valence-corrected chi connectivity index (χ3v) is 3.18. The average Bonchev–Trinajstić information content (AvgIpc) is 2.48. The highest BCUT2D eigenvalue weighted by atomic mass is 19.1. The number of nitrogens with zero attached hydrogens (tertiary/aromatic N) is 1. The predicted molar refractivity (Wildman–Crippen MR) is 75.3 cm³/mol. The summed E-state index contributed by atoms with van der Waals surface area (Å²) >= 11 is 0. The number of hydrogen-bond acceptors (Lipinski definition) is 2. The van der Waals surface area contributed by atoms with Crippen molar-refractivity contribution in [2.45, 2.75) is 25.8 Å². The van der Waals surface area contributed by atoms with E-state index in [0.717, 1.165) is 24.8 Å². The Hall–Kier alpha value is -1.88. The largest absolute Gasteiger partial charge is 0.308 e. The summed E-state index contributed by atoms with van der Waals surface area (Å²) in [7, 11) is 0. The monoisotopic (exact) mass is 294 g/mol. The van der Waals surface area contributed by atoms with Gasteiger partial charge >= 0.3 is 0 Å². The molecule has 112 valence electrons. The summed E-state index contributed by atoms with van der Waals surface area (Å²) < 4.78 is 40.0. The fourth-order valence-corrected chi connectivity index (χ4v) is 2.11. The van der Waals surface area contributed by atoms with E-state index in [0.29, 0.717) is 12.2 Å². The minimum absolute atomic E-state index is 0.252. The molecule has 2 rings (SSSR count). The van der Waals surface area contributed by atoms with Crippen LogP contribution in [0.3, 0.4) is 0 Å². The van der Waals surface area contributed by atoms with E-state index < -0.39 is 17.5 Å². The Bertz CT molecular complexity index is 585. The first-order valence-corrected chi connectivity index (χ1v) is 6.89. The molecule has 0 aliphatic carbocycles. The third-order valence-electron chi connectivity index (χ3n) is 3.18. The first kappa shape index (κ1) is 15.5. The second-order valence-corrected chi connectivity index (χ2v) is 4.85. The van der Waals surface area contributed by atoms with Gasteiger partial charge in [-0.1, -0.05) is 6.92 Å². The molecule has 0 saturated carbocycles. The van der Waals surface area contributed by atoms with Gasteiger partial charge in [-0.3, -0.25) is 4.98 Å². The van der Waals surface area contributed by atoms with Gasteiger partial charge in [-0.05, 0) is 55.3 Å². The lowest BCUT2D eigenvalue weighted by atomic mass is 10.0. The molecule has 1 aromatic carbocycles. The summed E-state index contributed by atoms with van der Waals surface area (Å²) in [5.41, 5.74) is 0.878. The molecule has 0 bridgehead atoms. The van der Waals surface area contributed by atoms with E-state index in [1.54, 1.807) is 6.07 Å². The molecule has 2 nitrogen and oxygen atoms in total. The fraction of sp³-hybridized carbons (Fsp3) is 0.312. The van der Waals surface area contributed by atoms with Crippen molar-refractivity contribution in [1.82, 2.24) is 10.3 Å². The van der Waals surface area contributed by atoms with Crippen LogP contribution < -0.4 is 5.32 Å². The smallest absolute Gasteiger partial charge is 0.141 e. The second kappa shape index (κ2) is 7.22. The van der Waals surface area contributed by atoms with E-state index in [1.165, 1.54) is 12.1 Å². The van der Waals surface area contributed by atoms with Gasteiger partial charge in [0.25, 0.3) is 0 Å². The number of benzene rings is 1. The van der Waals surface area contributed by atoms with Crippen LogP contribution in [0.15, 0.2) is 36.5 Å². The molecule has 5 heteroatoms. The lowest BCUT2D eigenvalue weighted by molar-refractivity contribution is 0.497. The molecular formula is C16H17F3N2. The molecule has 0 radical (unpaired) electrons. The number of aromatic nitrogens is 1. The van der Waals surface area contributed by atoms with Crippen LogP contribution in [0.25, 0.3) is 0 Å². The Kier molecular flexibility index (Phi) is 5.33. The molecule has 0 saturated heterocycles. The van der Waals surface area contributed by atoms with Crippen LogP contribution in [0.4, 0.5) is 13.2 Å². The molecular weight excluding hydrogens is 277 g/mol. The topological polar surface area (TPSA) is 24.9 Å². The first-order chi connectivity index (χ1) is 10.1. The maximum absolute atomic E-state index is 13.8. The highest BCUT2D eigenvalue weighted by Crippen LogP contribution is 2.20. The lowest BCUT2D eigenvalue weighted by Crippen LogP contribution is -2.25. The lowest BCUT2D eigenvalue weighted by Gasteiger charge is -2.18. The quantitative estimate of drug-likeness (QED) is 0.877. The van der Waals surface area contributed by atoms with Crippen molar-refractivity contribution in [3.8, 4) is 0 Å². The van der Waals surface area contributed by atoms with Crippen LogP contribution >= 0.6 is 0 Å². The standard InChI is InChI=1S/C16H17F3N2/c1-2-7-20-16(15-6-4-13(18)10-21-15)9-11-8-12(17)3-5-14(11)19/h3-6,8,10,16,20H,2,7,9H2,1H3. The average molecular weight is 294 g/mol. The molecule has 0 fully saturated rings. The Morgan fingerprint density at radius 2 is 1.86 bits per heavy atom. The van der Waals surface area contributed by atoms with Crippen molar-refractivity contribution >= 4 is 0 Å². The van der Waals surface area contributed by atoms with Crippen molar-refractivity contribution in [3.63, 3.8) is 0 Å². The van der Waals surface area contributed by atoms with Gasteiger partial charge in [0.2, 0.25) is 0 Å². The van der Waals surface area contributed by atoms with Crippen LogP contribution in [0, 0.1) is 17.5 Å².